The van der Waals surface area contributed by atoms with Gasteiger partial charge in [-0.2, -0.15) is 0 Å². The Labute approximate surface area is 167 Å². The normalized spacial score (nSPS) is 19.2. The summed E-state index contributed by atoms with van der Waals surface area (Å²) in [6, 6.07) is 5.68. The molecule has 4 rings (SSSR count). The van der Waals surface area contributed by atoms with Crippen LogP contribution in [-0.2, 0) is 9.53 Å². The van der Waals surface area contributed by atoms with Crippen molar-refractivity contribution in [3.05, 3.63) is 58.1 Å². The van der Waals surface area contributed by atoms with Gasteiger partial charge >= 0.3 is 12.1 Å². The average molecular weight is 399 g/mol. The summed E-state index contributed by atoms with van der Waals surface area (Å²) in [6.45, 7) is 7.21. The topological polar surface area (TPSA) is 61.8 Å². The standard InChI is InChI=1S/C22H19ClO5/c1-10(2)21(24)27-19-13-6-5-11(3)7-14(13)20(28-22(25)26-4)17-12-8-15(18(17)19)16(23)9-12/h5-7,9,12,15H,1,8H2,2-4H3. The molecule has 0 aromatic heterocycles. The van der Waals surface area contributed by atoms with E-state index in [-0.39, 0.29) is 11.8 Å². The van der Waals surface area contributed by atoms with E-state index in [2.05, 4.69) is 6.58 Å². The Morgan fingerprint density at radius 3 is 2.54 bits per heavy atom. The quantitative estimate of drug-likeness (QED) is 0.296. The van der Waals surface area contributed by atoms with Crippen LogP contribution >= 0.6 is 11.6 Å². The van der Waals surface area contributed by atoms with Crippen LogP contribution in [-0.4, -0.2) is 19.2 Å². The number of methoxy groups -OCH3 is 1. The second-order valence-electron chi connectivity index (χ2n) is 7.21. The predicted molar refractivity (Wildman–Crippen MR) is 106 cm³/mol. The van der Waals surface area contributed by atoms with Crippen LogP contribution in [0.2, 0.25) is 0 Å². The Morgan fingerprint density at radius 1 is 1.14 bits per heavy atom. The minimum Gasteiger partial charge on any atom is -0.437 e. The number of carbonyl (C=O) groups excluding carboxylic acids is 2. The van der Waals surface area contributed by atoms with Gasteiger partial charge in [-0.1, -0.05) is 42.0 Å². The van der Waals surface area contributed by atoms with Gasteiger partial charge in [-0.15, -0.1) is 0 Å². The molecule has 5 nitrogen and oxygen atoms in total. The van der Waals surface area contributed by atoms with Gasteiger partial charge in [-0.25, -0.2) is 9.59 Å². The van der Waals surface area contributed by atoms with E-state index < -0.39 is 12.1 Å². The fourth-order valence-electron chi connectivity index (χ4n) is 4.02. The molecule has 2 aromatic carbocycles. The first kappa shape index (κ1) is 18.6. The van der Waals surface area contributed by atoms with Crippen LogP contribution in [0.3, 0.4) is 0 Å². The Hall–Kier alpha value is -2.79. The summed E-state index contributed by atoms with van der Waals surface area (Å²) in [4.78, 5) is 24.3. The largest absolute Gasteiger partial charge is 0.513 e. The molecule has 6 heteroatoms. The lowest BCUT2D eigenvalue weighted by molar-refractivity contribution is -0.130. The molecular formula is C22H19ClO5. The van der Waals surface area contributed by atoms with E-state index >= 15 is 0 Å². The number of allylic oxidation sites excluding steroid dienone is 2. The molecular weight excluding hydrogens is 380 g/mol. The molecule has 28 heavy (non-hydrogen) atoms. The molecule has 0 heterocycles. The van der Waals surface area contributed by atoms with Crippen molar-refractivity contribution in [1.29, 1.82) is 0 Å². The summed E-state index contributed by atoms with van der Waals surface area (Å²) >= 11 is 6.44. The molecule has 0 saturated heterocycles. The molecule has 0 amide bonds. The number of fused-ring (bicyclic) bond motifs is 6. The van der Waals surface area contributed by atoms with Crippen molar-refractivity contribution in [3.8, 4) is 11.5 Å². The van der Waals surface area contributed by atoms with Crippen molar-refractivity contribution < 1.29 is 23.8 Å². The van der Waals surface area contributed by atoms with Gasteiger partial charge in [-0.05, 0) is 26.3 Å². The summed E-state index contributed by atoms with van der Waals surface area (Å²) < 4.78 is 16.1. The smallest absolute Gasteiger partial charge is 0.437 e. The lowest BCUT2D eigenvalue weighted by Crippen LogP contribution is -2.14. The number of aryl methyl sites for hydroxylation is 1. The van der Waals surface area contributed by atoms with Crippen LogP contribution in [0, 0.1) is 6.92 Å². The third-order valence-electron chi connectivity index (χ3n) is 5.24. The van der Waals surface area contributed by atoms with Crippen molar-refractivity contribution in [2.45, 2.75) is 32.1 Å². The first-order valence-corrected chi connectivity index (χ1v) is 9.30. The van der Waals surface area contributed by atoms with Crippen LogP contribution in [0.25, 0.3) is 10.8 Å². The van der Waals surface area contributed by atoms with Gasteiger partial charge in [0.05, 0.1) is 7.11 Å². The fourth-order valence-corrected chi connectivity index (χ4v) is 4.37. The molecule has 2 aliphatic carbocycles. The van der Waals surface area contributed by atoms with Crippen LogP contribution in [0.15, 0.2) is 41.5 Å². The van der Waals surface area contributed by atoms with E-state index in [0.29, 0.717) is 32.9 Å². The highest BCUT2D eigenvalue weighted by Crippen LogP contribution is 2.61. The predicted octanol–water partition coefficient (Wildman–Crippen LogP) is 5.48. The number of carbonyl (C=O) groups is 2. The van der Waals surface area contributed by atoms with Crippen molar-refractivity contribution in [1.82, 2.24) is 0 Å². The number of halogens is 1. The zero-order chi connectivity index (χ0) is 20.2. The minimum absolute atomic E-state index is 0.0145. The highest BCUT2D eigenvalue weighted by Gasteiger charge is 2.44. The highest BCUT2D eigenvalue weighted by atomic mass is 35.5. The van der Waals surface area contributed by atoms with Crippen LogP contribution in [0.4, 0.5) is 4.79 Å². The zero-order valence-electron chi connectivity index (χ0n) is 15.8. The van der Waals surface area contributed by atoms with Crippen molar-refractivity contribution in [3.63, 3.8) is 0 Å². The van der Waals surface area contributed by atoms with Crippen molar-refractivity contribution >= 4 is 34.5 Å². The maximum Gasteiger partial charge on any atom is 0.513 e. The molecule has 0 N–H and O–H groups in total. The van der Waals surface area contributed by atoms with Gasteiger partial charge in [0, 0.05) is 44.3 Å². The fraction of sp³-hybridized carbons (Fsp3) is 0.273. The van der Waals surface area contributed by atoms with E-state index in [1.165, 1.54) is 7.11 Å². The van der Waals surface area contributed by atoms with E-state index in [9.17, 15) is 9.59 Å². The summed E-state index contributed by atoms with van der Waals surface area (Å²) in [6.07, 6.45) is 1.91. The van der Waals surface area contributed by atoms with E-state index in [1.54, 1.807) is 6.92 Å². The van der Waals surface area contributed by atoms with Gasteiger partial charge in [0.1, 0.15) is 11.5 Å². The molecule has 2 atom stereocenters. The first-order chi connectivity index (χ1) is 13.3. The molecule has 144 valence electrons. The number of esters is 1. The summed E-state index contributed by atoms with van der Waals surface area (Å²) in [5.74, 6) is 0.269. The number of hydrogen-bond acceptors (Lipinski definition) is 5. The molecule has 0 aliphatic heterocycles. The molecule has 0 radical (unpaired) electrons. The number of rotatable bonds is 3. The van der Waals surface area contributed by atoms with Gasteiger partial charge in [-0.3, -0.25) is 0 Å². The highest BCUT2D eigenvalue weighted by molar-refractivity contribution is 6.31. The lowest BCUT2D eigenvalue weighted by Gasteiger charge is -2.23. The van der Waals surface area contributed by atoms with Crippen LogP contribution < -0.4 is 9.47 Å². The van der Waals surface area contributed by atoms with Gasteiger partial charge in [0.15, 0.2) is 0 Å². The molecule has 2 bridgehead atoms. The van der Waals surface area contributed by atoms with Crippen molar-refractivity contribution in [2.75, 3.05) is 7.11 Å². The van der Waals surface area contributed by atoms with E-state index in [0.717, 1.165) is 23.1 Å². The summed E-state index contributed by atoms with van der Waals surface area (Å²) in [7, 11) is 1.27. The summed E-state index contributed by atoms with van der Waals surface area (Å²) in [5.41, 5.74) is 2.90. The SMILES string of the molecule is C=C(C)C(=O)Oc1c2c(c(OC(=O)OC)c3cc(C)ccc13)C1C=C(Cl)C2C1. The minimum atomic E-state index is -0.797. The van der Waals surface area contributed by atoms with Gasteiger partial charge in [0.25, 0.3) is 0 Å². The molecule has 0 saturated carbocycles. The third kappa shape index (κ3) is 2.78. The molecule has 0 fully saturated rings. The average Bonchev–Trinajstić information content (AvgIpc) is 3.21. The Bertz CT molecular complexity index is 1080. The molecule has 0 spiro atoms. The molecule has 2 unspecified atom stereocenters. The number of ether oxygens (including phenoxy) is 3. The molecule has 2 aromatic rings. The maximum absolute atomic E-state index is 12.3. The van der Waals surface area contributed by atoms with E-state index in [1.807, 2.05) is 31.2 Å². The second-order valence-corrected chi connectivity index (χ2v) is 7.64. The third-order valence-corrected chi connectivity index (χ3v) is 5.63. The lowest BCUT2D eigenvalue weighted by atomic mass is 9.90. The zero-order valence-corrected chi connectivity index (χ0v) is 16.6. The monoisotopic (exact) mass is 398 g/mol. The number of hydrogen-bond donors (Lipinski definition) is 0. The number of benzene rings is 2. The first-order valence-electron chi connectivity index (χ1n) is 8.92. The van der Waals surface area contributed by atoms with Gasteiger partial charge < -0.3 is 14.2 Å². The Kier molecular flexibility index (Phi) is 4.42. The Balaban J connectivity index is 2.05. The Morgan fingerprint density at radius 2 is 1.86 bits per heavy atom. The van der Waals surface area contributed by atoms with Crippen LogP contribution in [0.5, 0.6) is 11.5 Å². The summed E-state index contributed by atoms with van der Waals surface area (Å²) in [5, 5.41) is 2.07. The molecule has 2 aliphatic rings. The van der Waals surface area contributed by atoms with E-state index in [4.69, 9.17) is 25.8 Å². The second kappa shape index (κ2) is 6.67. The van der Waals surface area contributed by atoms with Crippen LogP contribution in [0.1, 0.15) is 41.9 Å². The van der Waals surface area contributed by atoms with Gasteiger partial charge in [0.2, 0.25) is 0 Å². The van der Waals surface area contributed by atoms with Crippen molar-refractivity contribution in [2.24, 2.45) is 0 Å². The maximum atomic E-state index is 12.3.